The van der Waals surface area contributed by atoms with Crippen LogP contribution in [-0.4, -0.2) is 13.1 Å². The number of anilines is 1. The van der Waals surface area contributed by atoms with Gasteiger partial charge in [0.2, 0.25) is 0 Å². The molecule has 0 aromatic heterocycles. The molecule has 0 aliphatic carbocycles. The number of hydrogen-bond acceptors (Lipinski definition) is 4. The first-order chi connectivity index (χ1) is 9.51. The van der Waals surface area contributed by atoms with Gasteiger partial charge in [-0.2, -0.15) is 0 Å². The first-order valence-corrected chi connectivity index (χ1v) is 6.31. The van der Waals surface area contributed by atoms with E-state index in [4.69, 9.17) is 22.1 Å². The molecule has 0 unspecified atom stereocenters. The van der Waals surface area contributed by atoms with E-state index in [0.29, 0.717) is 27.8 Å². The Morgan fingerprint density at radius 1 is 1.15 bits per heavy atom. The molecular formula is C15H14ClNO3. The molecule has 0 aliphatic rings. The van der Waals surface area contributed by atoms with Crippen LogP contribution in [0.15, 0.2) is 36.4 Å². The van der Waals surface area contributed by atoms with Crippen molar-refractivity contribution in [3.63, 3.8) is 0 Å². The molecule has 0 aliphatic heterocycles. The lowest BCUT2D eigenvalue weighted by atomic mass is 10.2. The van der Waals surface area contributed by atoms with Gasteiger partial charge in [0.25, 0.3) is 0 Å². The lowest BCUT2D eigenvalue weighted by Gasteiger charge is -2.11. The fourth-order valence-electron chi connectivity index (χ4n) is 1.67. The number of carbonyl (C=O) groups excluding carboxylic acids is 1. The summed E-state index contributed by atoms with van der Waals surface area (Å²) >= 11 is 6.07. The second-order valence-corrected chi connectivity index (χ2v) is 4.69. The summed E-state index contributed by atoms with van der Waals surface area (Å²) in [5.74, 6) is 0.394. The third-order valence-electron chi connectivity index (χ3n) is 2.74. The largest absolute Gasteiger partial charge is 0.465 e. The number of rotatable bonds is 3. The molecule has 2 N–H and O–H groups in total. The number of halogens is 1. The number of benzene rings is 2. The van der Waals surface area contributed by atoms with Gasteiger partial charge >= 0.3 is 5.97 Å². The van der Waals surface area contributed by atoms with Crippen molar-refractivity contribution in [1.82, 2.24) is 0 Å². The lowest BCUT2D eigenvalue weighted by Crippen LogP contribution is -2.02. The zero-order valence-corrected chi connectivity index (χ0v) is 11.9. The smallest absolute Gasteiger partial charge is 0.337 e. The predicted octanol–water partition coefficient (Wildman–Crippen LogP) is 3.81. The summed E-state index contributed by atoms with van der Waals surface area (Å²) in [4.78, 5) is 11.5. The molecule has 5 heteroatoms. The Kier molecular flexibility index (Phi) is 4.15. The molecule has 20 heavy (non-hydrogen) atoms. The molecular weight excluding hydrogens is 278 g/mol. The van der Waals surface area contributed by atoms with E-state index in [1.54, 1.807) is 24.3 Å². The highest BCUT2D eigenvalue weighted by molar-refractivity contribution is 6.32. The molecule has 2 aromatic carbocycles. The predicted molar refractivity (Wildman–Crippen MR) is 78.5 cm³/mol. The van der Waals surface area contributed by atoms with E-state index in [2.05, 4.69) is 4.74 Å². The SMILES string of the molecule is COC(=O)c1ccc(N)c(Oc2cc(C)ccc2Cl)c1. The van der Waals surface area contributed by atoms with E-state index >= 15 is 0 Å². The number of ether oxygens (including phenoxy) is 2. The third-order valence-corrected chi connectivity index (χ3v) is 3.05. The molecule has 4 nitrogen and oxygen atoms in total. The van der Waals surface area contributed by atoms with Gasteiger partial charge in [-0.1, -0.05) is 17.7 Å². The van der Waals surface area contributed by atoms with Crippen molar-refractivity contribution < 1.29 is 14.3 Å². The molecule has 2 aromatic rings. The van der Waals surface area contributed by atoms with Crippen molar-refractivity contribution in [1.29, 1.82) is 0 Å². The van der Waals surface area contributed by atoms with Crippen molar-refractivity contribution >= 4 is 23.3 Å². The summed E-state index contributed by atoms with van der Waals surface area (Å²) in [5.41, 5.74) is 7.63. The summed E-state index contributed by atoms with van der Waals surface area (Å²) in [6.45, 7) is 1.93. The van der Waals surface area contributed by atoms with Gasteiger partial charge in [0.05, 0.1) is 23.4 Å². The molecule has 0 fully saturated rings. The maximum atomic E-state index is 11.5. The van der Waals surface area contributed by atoms with Gasteiger partial charge in [-0.3, -0.25) is 0 Å². The second-order valence-electron chi connectivity index (χ2n) is 4.28. The first kappa shape index (κ1) is 14.2. The Balaban J connectivity index is 2.37. The Morgan fingerprint density at radius 3 is 2.60 bits per heavy atom. The average molecular weight is 292 g/mol. The minimum absolute atomic E-state index is 0.361. The van der Waals surface area contributed by atoms with Crippen molar-refractivity contribution in [2.24, 2.45) is 0 Å². The van der Waals surface area contributed by atoms with E-state index in [1.807, 2.05) is 13.0 Å². The number of methoxy groups -OCH3 is 1. The summed E-state index contributed by atoms with van der Waals surface area (Å²) in [6, 6.07) is 10.1. The molecule has 0 bridgehead atoms. The minimum Gasteiger partial charge on any atom is -0.465 e. The Morgan fingerprint density at radius 2 is 1.90 bits per heavy atom. The average Bonchev–Trinajstić information content (AvgIpc) is 2.44. The van der Waals surface area contributed by atoms with Gasteiger partial charge in [0.15, 0.2) is 5.75 Å². The van der Waals surface area contributed by atoms with E-state index < -0.39 is 5.97 Å². The molecule has 0 heterocycles. The first-order valence-electron chi connectivity index (χ1n) is 5.93. The molecule has 0 amide bonds. The van der Waals surface area contributed by atoms with Crippen LogP contribution in [0.3, 0.4) is 0 Å². The van der Waals surface area contributed by atoms with Gasteiger partial charge in [0.1, 0.15) is 5.75 Å². The van der Waals surface area contributed by atoms with Crippen LogP contribution in [0.2, 0.25) is 5.02 Å². The Bertz CT molecular complexity index is 656. The van der Waals surface area contributed by atoms with Crippen LogP contribution in [-0.2, 0) is 4.74 Å². The van der Waals surface area contributed by atoms with Gasteiger partial charge in [-0.15, -0.1) is 0 Å². The van der Waals surface area contributed by atoms with E-state index in [9.17, 15) is 4.79 Å². The maximum Gasteiger partial charge on any atom is 0.337 e. The number of nitrogens with two attached hydrogens (primary N) is 1. The van der Waals surface area contributed by atoms with E-state index in [-0.39, 0.29) is 0 Å². The van der Waals surface area contributed by atoms with Crippen molar-refractivity contribution in [2.75, 3.05) is 12.8 Å². The monoisotopic (exact) mass is 291 g/mol. The van der Waals surface area contributed by atoms with Gasteiger partial charge < -0.3 is 15.2 Å². The number of esters is 1. The summed E-state index contributed by atoms with van der Waals surface area (Å²) in [6.07, 6.45) is 0. The normalized spacial score (nSPS) is 10.2. The van der Waals surface area contributed by atoms with Crippen LogP contribution >= 0.6 is 11.6 Å². The molecule has 0 atom stereocenters. The maximum absolute atomic E-state index is 11.5. The molecule has 104 valence electrons. The van der Waals surface area contributed by atoms with Crippen LogP contribution in [0.1, 0.15) is 15.9 Å². The highest BCUT2D eigenvalue weighted by Gasteiger charge is 2.11. The fraction of sp³-hybridized carbons (Fsp3) is 0.133. The van der Waals surface area contributed by atoms with Gasteiger partial charge in [-0.05, 0) is 42.8 Å². The minimum atomic E-state index is -0.454. The molecule has 0 saturated carbocycles. The van der Waals surface area contributed by atoms with E-state index in [0.717, 1.165) is 5.56 Å². The van der Waals surface area contributed by atoms with Gasteiger partial charge in [-0.25, -0.2) is 4.79 Å². The van der Waals surface area contributed by atoms with Crippen LogP contribution in [0.25, 0.3) is 0 Å². The summed E-state index contributed by atoms with van der Waals surface area (Å²) < 4.78 is 10.4. The second kappa shape index (κ2) is 5.84. The Labute approximate surface area is 122 Å². The zero-order chi connectivity index (χ0) is 14.7. The van der Waals surface area contributed by atoms with Crippen LogP contribution in [0.5, 0.6) is 11.5 Å². The third kappa shape index (κ3) is 3.03. The highest BCUT2D eigenvalue weighted by Crippen LogP contribution is 2.33. The van der Waals surface area contributed by atoms with Crippen molar-refractivity contribution in [3.05, 3.63) is 52.5 Å². The van der Waals surface area contributed by atoms with Crippen LogP contribution in [0.4, 0.5) is 5.69 Å². The van der Waals surface area contributed by atoms with Gasteiger partial charge in [0, 0.05) is 0 Å². The summed E-state index contributed by atoms with van der Waals surface area (Å²) in [7, 11) is 1.32. The zero-order valence-electron chi connectivity index (χ0n) is 11.1. The quantitative estimate of drug-likeness (QED) is 0.690. The van der Waals surface area contributed by atoms with Crippen molar-refractivity contribution in [2.45, 2.75) is 6.92 Å². The van der Waals surface area contributed by atoms with E-state index in [1.165, 1.54) is 13.2 Å². The fourth-order valence-corrected chi connectivity index (χ4v) is 1.83. The highest BCUT2D eigenvalue weighted by atomic mass is 35.5. The summed E-state index contributed by atoms with van der Waals surface area (Å²) in [5, 5.41) is 0.471. The Hall–Kier alpha value is -2.20. The standard InChI is InChI=1S/C15H14ClNO3/c1-9-3-5-11(16)13(7-9)20-14-8-10(15(18)19-2)4-6-12(14)17/h3-8H,17H2,1-2H3. The molecule has 0 radical (unpaired) electrons. The topological polar surface area (TPSA) is 61.5 Å². The molecule has 0 saturated heterocycles. The number of aryl methyl sites for hydroxylation is 1. The number of nitrogen functional groups attached to an aromatic ring is 1. The van der Waals surface area contributed by atoms with Crippen LogP contribution in [0, 0.1) is 6.92 Å². The number of carbonyl (C=O) groups is 1. The van der Waals surface area contributed by atoms with Crippen LogP contribution < -0.4 is 10.5 Å². The molecule has 0 spiro atoms. The number of hydrogen-bond donors (Lipinski definition) is 1. The lowest BCUT2D eigenvalue weighted by molar-refractivity contribution is 0.0600. The molecule has 2 rings (SSSR count). The van der Waals surface area contributed by atoms with Crippen molar-refractivity contribution in [3.8, 4) is 11.5 Å².